The van der Waals surface area contributed by atoms with E-state index in [1.54, 1.807) is 7.11 Å². The summed E-state index contributed by atoms with van der Waals surface area (Å²) in [7, 11) is 1.78. The molecule has 0 radical (unpaired) electrons. The zero-order chi connectivity index (χ0) is 14.8. The number of hydrogen-bond donors (Lipinski definition) is 2. The number of methoxy groups -OCH3 is 1. The van der Waals surface area contributed by atoms with E-state index >= 15 is 0 Å². The predicted octanol–water partition coefficient (Wildman–Crippen LogP) is 1.81. The maximum absolute atomic E-state index is 5.62. The molecule has 2 aliphatic rings. The molecule has 2 heterocycles. The summed E-state index contributed by atoms with van der Waals surface area (Å²) in [4.78, 5) is 11.8. The first kappa shape index (κ1) is 14.5. The summed E-state index contributed by atoms with van der Waals surface area (Å²) in [5.41, 5.74) is 3.78. The van der Waals surface area contributed by atoms with Crippen molar-refractivity contribution in [1.29, 1.82) is 0 Å². The summed E-state index contributed by atoms with van der Waals surface area (Å²) >= 11 is 0. The zero-order valence-electron chi connectivity index (χ0n) is 12.9. The fourth-order valence-electron chi connectivity index (χ4n) is 3.04. The zero-order valence-corrected chi connectivity index (χ0v) is 12.9. The van der Waals surface area contributed by atoms with Gasteiger partial charge in [-0.15, -0.1) is 0 Å². The molecule has 1 saturated heterocycles. The van der Waals surface area contributed by atoms with Crippen LogP contribution in [0.1, 0.15) is 43.0 Å². The van der Waals surface area contributed by atoms with Crippen molar-refractivity contribution in [2.24, 2.45) is 11.8 Å². The number of piperidine rings is 1. The second-order valence-corrected chi connectivity index (χ2v) is 6.18. The van der Waals surface area contributed by atoms with Gasteiger partial charge in [0.2, 0.25) is 0 Å². The van der Waals surface area contributed by atoms with Crippen LogP contribution in [0.25, 0.3) is 0 Å². The van der Waals surface area contributed by atoms with Gasteiger partial charge in [-0.2, -0.15) is 0 Å². The summed E-state index contributed by atoms with van der Waals surface area (Å²) in [6.07, 6.45) is 4.70. The maximum atomic E-state index is 5.62. The summed E-state index contributed by atoms with van der Waals surface area (Å²) < 4.78 is 5.27. The van der Waals surface area contributed by atoms with E-state index in [0.29, 0.717) is 11.8 Å². The standard InChI is InChI=1S/C15H25N5O/c1-10-13(19-16)17-14(12-3-4-12)18-15(10)20-7-5-11(6-8-20)9-21-2/h11-12H,3-9,16H2,1-2H3,(H,17,18,19). The summed E-state index contributed by atoms with van der Waals surface area (Å²) in [6, 6.07) is 0. The molecule has 0 spiro atoms. The van der Waals surface area contributed by atoms with Gasteiger partial charge in [-0.1, -0.05) is 0 Å². The number of nitrogens with one attached hydrogen (secondary N) is 1. The molecule has 3 rings (SSSR count). The first-order chi connectivity index (χ1) is 10.2. The van der Waals surface area contributed by atoms with Crippen LogP contribution in [0.4, 0.5) is 11.6 Å². The van der Waals surface area contributed by atoms with E-state index in [2.05, 4.69) is 15.3 Å². The van der Waals surface area contributed by atoms with E-state index in [9.17, 15) is 0 Å². The number of hydrazine groups is 1. The van der Waals surface area contributed by atoms with Crippen LogP contribution < -0.4 is 16.2 Å². The van der Waals surface area contributed by atoms with Crippen LogP contribution in [0.15, 0.2) is 0 Å². The maximum Gasteiger partial charge on any atom is 0.148 e. The van der Waals surface area contributed by atoms with Crippen molar-refractivity contribution < 1.29 is 4.74 Å². The smallest absolute Gasteiger partial charge is 0.148 e. The molecule has 116 valence electrons. The molecule has 2 fully saturated rings. The summed E-state index contributed by atoms with van der Waals surface area (Å²) in [5, 5.41) is 0. The molecule has 6 heteroatoms. The Morgan fingerprint density at radius 3 is 2.52 bits per heavy atom. The quantitative estimate of drug-likeness (QED) is 0.636. The number of aromatic nitrogens is 2. The number of rotatable bonds is 5. The van der Waals surface area contributed by atoms with Gasteiger partial charge in [0.15, 0.2) is 0 Å². The summed E-state index contributed by atoms with van der Waals surface area (Å²) in [5.74, 6) is 9.59. The Hall–Kier alpha value is -1.40. The second kappa shape index (κ2) is 6.15. The molecule has 1 saturated carbocycles. The minimum atomic E-state index is 0.530. The van der Waals surface area contributed by atoms with Crippen LogP contribution in [0.5, 0.6) is 0 Å². The van der Waals surface area contributed by atoms with Gasteiger partial charge < -0.3 is 15.1 Å². The highest BCUT2D eigenvalue weighted by molar-refractivity contribution is 5.58. The molecule has 1 aliphatic carbocycles. The van der Waals surface area contributed by atoms with Crippen LogP contribution in [0, 0.1) is 12.8 Å². The van der Waals surface area contributed by atoms with Crippen molar-refractivity contribution in [2.45, 2.75) is 38.5 Å². The Bertz CT molecular complexity index is 495. The van der Waals surface area contributed by atoms with E-state index in [1.807, 2.05) is 6.92 Å². The fraction of sp³-hybridized carbons (Fsp3) is 0.733. The monoisotopic (exact) mass is 291 g/mol. The molecule has 1 aromatic heterocycles. The van der Waals surface area contributed by atoms with Crippen LogP contribution in [-0.4, -0.2) is 36.8 Å². The Labute approximate surface area is 126 Å². The van der Waals surface area contributed by atoms with Gasteiger partial charge in [0.25, 0.3) is 0 Å². The minimum absolute atomic E-state index is 0.530. The van der Waals surface area contributed by atoms with Gasteiger partial charge in [0, 0.05) is 38.3 Å². The molecule has 3 N–H and O–H groups in total. The molecule has 1 aromatic rings. The van der Waals surface area contributed by atoms with Gasteiger partial charge in [0.1, 0.15) is 17.5 Å². The van der Waals surface area contributed by atoms with Crippen molar-refractivity contribution in [2.75, 3.05) is 37.1 Å². The largest absolute Gasteiger partial charge is 0.384 e. The highest BCUT2D eigenvalue weighted by atomic mass is 16.5. The van der Waals surface area contributed by atoms with E-state index in [0.717, 1.165) is 55.6 Å². The van der Waals surface area contributed by atoms with E-state index < -0.39 is 0 Å². The average molecular weight is 291 g/mol. The van der Waals surface area contributed by atoms with Crippen molar-refractivity contribution >= 4 is 11.6 Å². The molecule has 0 aromatic carbocycles. The third-order valence-corrected chi connectivity index (χ3v) is 4.53. The van der Waals surface area contributed by atoms with Crippen molar-refractivity contribution in [3.63, 3.8) is 0 Å². The predicted molar refractivity (Wildman–Crippen MR) is 83.4 cm³/mol. The normalized spacial score (nSPS) is 19.9. The lowest BCUT2D eigenvalue weighted by atomic mass is 9.97. The molecule has 21 heavy (non-hydrogen) atoms. The lowest BCUT2D eigenvalue weighted by Crippen LogP contribution is -2.36. The minimum Gasteiger partial charge on any atom is -0.384 e. The number of nitrogen functional groups attached to an aromatic ring is 1. The van der Waals surface area contributed by atoms with Gasteiger partial charge in [0.05, 0.1) is 0 Å². The Balaban J connectivity index is 1.79. The highest BCUT2D eigenvalue weighted by Crippen LogP contribution is 2.40. The molecule has 0 amide bonds. The number of hydrogen-bond acceptors (Lipinski definition) is 6. The Morgan fingerprint density at radius 2 is 1.95 bits per heavy atom. The molecular formula is C15H25N5O. The number of nitrogens with zero attached hydrogens (tertiary/aromatic N) is 3. The Morgan fingerprint density at radius 1 is 1.24 bits per heavy atom. The fourth-order valence-corrected chi connectivity index (χ4v) is 3.04. The van der Waals surface area contributed by atoms with Gasteiger partial charge >= 0.3 is 0 Å². The lowest BCUT2D eigenvalue weighted by Gasteiger charge is -2.33. The first-order valence-corrected chi connectivity index (χ1v) is 7.82. The molecule has 0 bridgehead atoms. The molecule has 6 nitrogen and oxygen atoms in total. The van der Waals surface area contributed by atoms with Crippen molar-refractivity contribution in [3.8, 4) is 0 Å². The van der Waals surface area contributed by atoms with Crippen LogP contribution in [0.2, 0.25) is 0 Å². The van der Waals surface area contributed by atoms with E-state index in [4.69, 9.17) is 15.6 Å². The molecule has 1 aliphatic heterocycles. The van der Waals surface area contributed by atoms with Gasteiger partial charge in [-0.05, 0) is 38.5 Å². The molecule has 0 atom stereocenters. The summed E-state index contributed by atoms with van der Waals surface area (Å²) in [6.45, 7) is 4.96. The van der Waals surface area contributed by atoms with Crippen LogP contribution in [-0.2, 0) is 4.74 Å². The molecular weight excluding hydrogens is 266 g/mol. The van der Waals surface area contributed by atoms with Gasteiger partial charge in [-0.25, -0.2) is 15.8 Å². The lowest BCUT2D eigenvalue weighted by molar-refractivity contribution is 0.139. The first-order valence-electron chi connectivity index (χ1n) is 7.82. The highest BCUT2D eigenvalue weighted by Gasteiger charge is 2.30. The number of nitrogens with two attached hydrogens (primary N) is 1. The number of ether oxygens (including phenoxy) is 1. The third-order valence-electron chi connectivity index (χ3n) is 4.53. The van der Waals surface area contributed by atoms with E-state index in [1.165, 1.54) is 12.8 Å². The Kier molecular flexibility index (Phi) is 4.26. The van der Waals surface area contributed by atoms with Gasteiger partial charge in [-0.3, -0.25) is 0 Å². The molecule has 0 unspecified atom stereocenters. The second-order valence-electron chi connectivity index (χ2n) is 6.18. The topological polar surface area (TPSA) is 76.3 Å². The third kappa shape index (κ3) is 3.11. The van der Waals surface area contributed by atoms with Crippen molar-refractivity contribution in [1.82, 2.24) is 9.97 Å². The average Bonchev–Trinajstić information content (AvgIpc) is 3.34. The van der Waals surface area contributed by atoms with Crippen LogP contribution >= 0.6 is 0 Å². The SMILES string of the molecule is COCC1CCN(c2nc(C3CC3)nc(NN)c2C)CC1. The van der Waals surface area contributed by atoms with Crippen LogP contribution in [0.3, 0.4) is 0 Å². The number of anilines is 2. The van der Waals surface area contributed by atoms with E-state index in [-0.39, 0.29) is 0 Å². The van der Waals surface area contributed by atoms with Crippen molar-refractivity contribution in [3.05, 3.63) is 11.4 Å².